The van der Waals surface area contributed by atoms with Gasteiger partial charge in [0.15, 0.2) is 5.82 Å². The third kappa shape index (κ3) is 3.82. The van der Waals surface area contributed by atoms with Gasteiger partial charge in [-0.25, -0.2) is 4.79 Å². The molecule has 0 bridgehead atoms. The molecule has 2 fully saturated rings. The second kappa shape index (κ2) is 7.23. The Balaban J connectivity index is 1.39. The van der Waals surface area contributed by atoms with Crippen molar-refractivity contribution in [2.75, 3.05) is 19.8 Å². The third-order valence-electron chi connectivity index (χ3n) is 4.78. The zero-order chi connectivity index (χ0) is 17.1. The number of para-hydroxylation sites is 1. The SMILES string of the molecule is O=C(NCc1nncn1-c1ccccc1)N(C[C@@H]1CCOC1)C1CC1. The molecule has 4 rings (SSSR count). The van der Waals surface area contributed by atoms with Crippen molar-refractivity contribution >= 4 is 6.03 Å². The Morgan fingerprint density at radius 3 is 2.84 bits per heavy atom. The van der Waals surface area contributed by atoms with E-state index in [-0.39, 0.29) is 6.03 Å². The minimum Gasteiger partial charge on any atom is -0.381 e. The van der Waals surface area contributed by atoms with Gasteiger partial charge in [0, 0.05) is 30.8 Å². The molecule has 7 heteroatoms. The van der Waals surface area contributed by atoms with Crippen molar-refractivity contribution in [1.82, 2.24) is 25.0 Å². The zero-order valence-corrected chi connectivity index (χ0v) is 14.2. The van der Waals surface area contributed by atoms with Crippen LogP contribution in [-0.2, 0) is 11.3 Å². The number of rotatable bonds is 6. The molecular weight excluding hydrogens is 318 g/mol. The maximum absolute atomic E-state index is 12.7. The Morgan fingerprint density at radius 1 is 1.28 bits per heavy atom. The summed E-state index contributed by atoms with van der Waals surface area (Å²) in [5.41, 5.74) is 0.985. The van der Waals surface area contributed by atoms with Crippen molar-refractivity contribution in [2.45, 2.75) is 31.8 Å². The van der Waals surface area contributed by atoms with E-state index in [9.17, 15) is 4.79 Å². The van der Waals surface area contributed by atoms with Crippen molar-refractivity contribution in [1.29, 1.82) is 0 Å². The van der Waals surface area contributed by atoms with E-state index in [1.807, 2.05) is 39.8 Å². The smallest absolute Gasteiger partial charge is 0.318 e. The monoisotopic (exact) mass is 341 g/mol. The van der Waals surface area contributed by atoms with Crippen LogP contribution in [-0.4, -0.2) is 51.5 Å². The van der Waals surface area contributed by atoms with Crippen LogP contribution >= 0.6 is 0 Å². The average Bonchev–Trinajstić information content (AvgIpc) is 3.16. The topological polar surface area (TPSA) is 72.3 Å². The first-order chi connectivity index (χ1) is 12.3. The van der Waals surface area contributed by atoms with E-state index in [1.54, 1.807) is 6.33 Å². The molecule has 1 aliphatic carbocycles. The van der Waals surface area contributed by atoms with Gasteiger partial charge in [0.25, 0.3) is 0 Å². The number of hydrogen-bond acceptors (Lipinski definition) is 4. The van der Waals surface area contributed by atoms with Crippen LogP contribution in [0.25, 0.3) is 5.69 Å². The maximum Gasteiger partial charge on any atom is 0.318 e. The van der Waals surface area contributed by atoms with Gasteiger partial charge >= 0.3 is 6.03 Å². The first-order valence-corrected chi connectivity index (χ1v) is 8.88. The quantitative estimate of drug-likeness (QED) is 0.872. The second-order valence-corrected chi connectivity index (χ2v) is 6.72. The van der Waals surface area contributed by atoms with Crippen molar-refractivity contribution in [2.24, 2.45) is 5.92 Å². The molecule has 25 heavy (non-hydrogen) atoms. The van der Waals surface area contributed by atoms with Gasteiger partial charge in [-0.15, -0.1) is 10.2 Å². The fourth-order valence-electron chi connectivity index (χ4n) is 3.23. The third-order valence-corrected chi connectivity index (χ3v) is 4.78. The second-order valence-electron chi connectivity index (χ2n) is 6.72. The summed E-state index contributed by atoms with van der Waals surface area (Å²) in [4.78, 5) is 14.6. The predicted octanol–water partition coefficient (Wildman–Crippen LogP) is 1.98. The molecule has 2 heterocycles. The van der Waals surface area contributed by atoms with E-state index in [1.165, 1.54) is 0 Å². The molecule has 0 unspecified atom stereocenters. The van der Waals surface area contributed by atoms with Gasteiger partial charge in [0.05, 0.1) is 13.2 Å². The number of benzene rings is 1. The Hall–Kier alpha value is -2.41. The lowest BCUT2D eigenvalue weighted by Crippen LogP contribution is -2.44. The molecule has 1 aliphatic heterocycles. The molecule has 1 saturated heterocycles. The molecule has 2 aliphatic rings. The van der Waals surface area contributed by atoms with Crippen LogP contribution in [0, 0.1) is 5.92 Å². The van der Waals surface area contributed by atoms with Crippen LogP contribution in [0.3, 0.4) is 0 Å². The van der Waals surface area contributed by atoms with E-state index in [4.69, 9.17) is 4.74 Å². The van der Waals surface area contributed by atoms with Crippen LogP contribution in [0.1, 0.15) is 25.1 Å². The highest BCUT2D eigenvalue weighted by atomic mass is 16.5. The molecule has 0 radical (unpaired) electrons. The summed E-state index contributed by atoms with van der Waals surface area (Å²) in [6.07, 6.45) is 4.91. The number of amides is 2. The van der Waals surface area contributed by atoms with E-state index in [0.29, 0.717) is 18.5 Å². The number of hydrogen-bond donors (Lipinski definition) is 1. The molecule has 7 nitrogen and oxygen atoms in total. The summed E-state index contributed by atoms with van der Waals surface area (Å²) in [5, 5.41) is 11.1. The van der Waals surface area contributed by atoms with Gasteiger partial charge in [-0.05, 0) is 31.4 Å². The summed E-state index contributed by atoms with van der Waals surface area (Å²) in [6, 6.07) is 10.3. The molecule has 1 aromatic carbocycles. The predicted molar refractivity (Wildman–Crippen MR) is 92.2 cm³/mol. The van der Waals surface area contributed by atoms with E-state index >= 15 is 0 Å². The lowest BCUT2D eigenvalue weighted by molar-refractivity contribution is 0.162. The number of nitrogens with one attached hydrogen (secondary N) is 1. The van der Waals surface area contributed by atoms with Crippen LogP contribution in [0.4, 0.5) is 4.79 Å². The maximum atomic E-state index is 12.7. The number of carbonyl (C=O) groups is 1. The van der Waals surface area contributed by atoms with Gasteiger partial charge in [0.1, 0.15) is 6.33 Å². The Labute approximate surface area is 147 Å². The molecule has 2 amide bonds. The Kier molecular flexibility index (Phi) is 4.65. The number of ether oxygens (including phenoxy) is 1. The van der Waals surface area contributed by atoms with E-state index < -0.39 is 0 Å². The fraction of sp³-hybridized carbons (Fsp3) is 0.500. The van der Waals surface area contributed by atoms with Gasteiger partial charge in [0.2, 0.25) is 0 Å². The lowest BCUT2D eigenvalue weighted by Gasteiger charge is -2.25. The normalized spacial score (nSPS) is 19.8. The summed E-state index contributed by atoms with van der Waals surface area (Å²) in [6.45, 7) is 2.71. The lowest BCUT2D eigenvalue weighted by atomic mass is 10.1. The zero-order valence-electron chi connectivity index (χ0n) is 14.2. The van der Waals surface area contributed by atoms with Crippen LogP contribution in [0.5, 0.6) is 0 Å². The van der Waals surface area contributed by atoms with Crippen molar-refractivity contribution in [3.8, 4) is 5.69 Å². The van der Waals surface area contributed by atoms with Crippen molar-refractivity contribution in [3.05, 3.63) is 42.5 Å². The van der Waals surface area contributed by atoms with Gasteiger partial charge in [-0.1, -0.05) is 18.2 Å². The average molecular weight is 341 g/mol. The molecule has 1 N–H and O–H groups in total. The number of carbonyl (C=O) groups excluding carboxylic acids is 1. The summed E-state index contributed by atoms with van der Waals surface area (Å²) < 4.78 is 7.34. The molecule has 2 aromatic rings. The van der Waals surface area contributed by atoms with Crippen LogP contribution < -0.4 is 5.32 Å². The highest BCUT2D eigenvalue weighted by Gasteiger charge is 2.34. The summed E-state index contributed by atoms with van der Waals surface area (Å²) in [5.74, 6) is 1.18. The fourth-order valence-corrected chi connectivity index (χ4v) is 3.23. The minimum atomic E-state index is -0.0167. The van der Waals surface area contributed by atoms with Crippen molar-refractivity contribution < 1.29 is 9.53 Å². The molecule has 1 atom stereocenters. The van der Waals surface area contributed by atoms with Crippen molar-refractivity contribution in [3.63, 3.8) is 0 Å². The number of aromatic nitrogens is 3. The van der Waals surface area contributed by atoms with Gasteiger partial charge in [-0.2, -0.15) is 0 Å². The number of urea groups is 1. The van der Waals surface area contributed by atoms with Gasteiger partial charge < -0.3 is 15.0 Å². The first kappa shape index (κ1) is 16.1. The highest BCUT2D eigenvalue weighted by Crippen LogP contribution is 2.29. The standard InChI is InChI=1S/C18H23N5O2/c24-18(22(16-6-7-16)11-14-8-9-25-12-14)19-10-17-21-20-13-23(17)15-4-2-1-3-5-15/h1-5,13-14,16H,6-12H2,(H,19,24)/t14-/m0/s1. The summed E-state index contributed by atoms with van der Waals surface area (Å²) in [7, 11) is 0. The molecule has 132 valence electrons. The van der Waals surface area contributed by atoms with E-state index in [0.717, 1.165) is 50.5 Å². The minimum absolute atomic E-state index is 0.0167. The molecule has 1 aromatic heterocycles. The Morgan fingerprint density at radius 2 is 2.12 bits per heavy atom. The van der Waals surface area contributed by atoms with Crippen LogP contribution in [0.2, 0.25) is 0 Å². The molecule has 0 spiro atoms. The number of nitrogens with zero attached hydrogens (tertiary/aromatic N) is 4. The molecular formula is C18H23N5O2. The van der Waals surface area contributed by atoms with Crippen LogP contribution in [0.15, 0.2) is 36.7 Å². The Bertz CT molecular complexity index is 707. The first-order valence-electron chi connectivity index (χ1n) is 8.88. The van der Waals surface area contributed by atoms with E-state index in [2.05, 4.69) is 15.5 Å². The summed E-state index contributed by atoms with van der Waals surface area (Å²) >= 11 is 0. The largest absolute Gasteiger partial charge is 0.381 e. The highest BCUT2D eigenvalue weighted by molar-refractivity contribution is 5.74. The molecule has 1 saturated carbocycles. The van der Waals surface area contributed by atoms with Gasteiger partial charge in [-0.3, -0.25) is 4.57 Å².